The summed E-state index contributed by atoms with van der Waals surface area (Å²) in [6, 6.07) is 9.58. The van der Waals surface area contributed by atoms with Crippen LogP contribution in [0.4, 0.5) is 4.39 Å². The summed E-state index contributed by atoms with van der Waals surface area (Å²) in [5.41, 5.74) is 0.826. The molecule has 1 aliphatic heterocycles. The fraction of sp³-hybridized carbons (Fsp3) is 0.350. The molecule has 0 radical (unpaired) electrons. The molecule has 0 aromatic heterocycles. The number of carbonyl (C=O) groups is 1. The average Bonchev–Trinajstić information content (AvgIpc) is 2.74. The van der Waals surface area contributed by atoms with Crippen LogP contribution in [-0.4, -0.2) is 52.0 Å². The Balaban J connectivity index is 1.86. The topological polar surface area (TPSA) is 84.9 Å². The minimum Gasteiger partial charge on any atom is -0.496 e. The second-order valence-electron chi connectivity index (χ2n) is 6.63. The van der Waals surface area contributed by atoms with Crippen LogP contribution in [0, 0.1) is 5.82 Å². The third-order valence-electron chi connectivity index (χ3n) is 4.74. The van der Waals surface area contributed by atoms with E-state index in [1.807, 2.05) is 0 Å². The van der Waals surface area contributed by atoms with Gasteiger partial charge in [-0.15, -0.1) is 0 Å². The van der Waals surface area contributed by atoms with Crippen LogP contribution in [-0.2, 0) is 14.8 Å². The van der Waals surface area contributed by atoms with Gasteiger partial charge >= 0.3 is 0 Å². The maximum atomic E-state index is 13.1. The molecule has 2 aromatic rings. The molecule has 1 unspecified atom stereocenters. The molecule has 0 bridgehead atoms. The van der Waals surface area contributed by atoms with Crippen LogP contribution in [0.1, 0.15) is 28.9 Å². The number of benzene rings is 2. The Hall–Kier alpha value is -2.49. The molecule has 1 saturated heterocycles. The number of methoxy groups -OCH3 is 1. The highest BCUT2D eigenvalue weighted by Gasteiger charge is 2.28. The Morgan fingerprint density at radius 2 is 1.83 bits per heavy atom. The van der Waals surface area contributed by atoms with Crippen LogP contribution in [0.15, 0.2) is 47.4 Å². The lowest BCUT2D eigenvalue weighted by atomic mass is 10.1. The van der Waals surface area contributed by atoms with Crippen molar-refractivity contribution >= 4 is 15.9 Å². The Morgan fingerprint density at radius 3 is 2.45 bits per heavy atom. The molecule has 1 amide bonds. The van der Waals surface area contributed by atoms with Crippen LogP contribution in [0.2, 0.25) is 0 Å². The van der Waals surface area contributed by atoms with Gasteiger partial charge in [-0.05, 0) is 42.8 Å². The SMILES string of the molecule is COc1ccc(S(=O)(=O)N2CCOCC2)cc1C(=O)NC(C)c1ccc(F)cc1. The third kappa shape index (κ3) is 4.75. The first kappa shape index (κ1) is 21.2. The third-order valence-corrected chi connectivity index (χ3v) is 6.64. The molecule has 7 nitrogen and oxygen atoms in total. The van der Waals surface area contributed by atoms with E-state index < -0.39 is 22.0 Å². The van der Waals surface area contributed by atoms with E-state index >= 15 is 0 Å². The first-order valence-electron chi connectivity index (χ1n) is 9.15. The molecule has 1 N–H and O–H groups in total. The molecule has 2 aromatic carbocycles. The second kappa shape index (κ2) is 8.89. The van der Waals surface area contributed by atoms with Crippen molar-refractivity contribution in [2.24, 2.45) is 0 Å². The van der Waals surface area contributed by atoms with Gasteiger partial charge in [0.2, 0.25) is 10.0 Å². The molecular formula is C20H23FN2O5S. The standard InChI is InChI=1S/C20H23FN2O5S/c1-14(15-3-5-16(21)6-4-15)22-20(24)18-13-17(7-8-19(18)27-2)29(25,26)23-9-11-28-12-10-23/h3-8,13-14H,9-12H2,1-2H3,(H,22,24). The van der Waals surface area contributed by atoms with Crippen LogP contribution < -0.4 is 10.1 Å². The van der Waals surface area contributed by atoms with E-state index in [1.54, 1.807) is 19.1 Å². The lowest BCUT2D eigenvalue weighted by Gasteiger charge is -2.26. The van der Waals surface area contributed by atoms with Gasteiger partial charge in [0.25, 0.3) is 5.91 Å². The molecule has 0 aliphatic carbocycles. The zero-order valence-corrected chi connectivity index (χ0v) is 17.0. The van der Waals surface area contributed by atoms with Crippen molar-refractivity contribution in [2.75, 3.05) is 33.4 Å². The van der Waals surface area contributed by atoms with E-state index in [0.717, 1.165) is 5.56 Å². The van der Waals surface area contributed by atoms with Crippen molar-refractivity contribution in [3.05, 3.63) is 59.4 Å². The summed E-state index contributed by atoms with van der Waals surface area (Å²) in [5.74, 6) is -0.595. The van der Waals surface area contributed by atoms with Gasteiger partial charge < -0.3 is 14.8 Å². The van der Waals surface area contributed by atoms with Gasteiger partial charge in [0.15, 0.2) is 0 Å². The number of nitrogens with zero attached hydrogens (tertiary/aromatic N) is 1. The Labute approximate surface area is 169 Å². The summed E-state index contributed by atoms with van der Waals surface area (Å²) >= 11 is 0. The first-order chi connectivity index (χ1) is 13.8. The average molecular weight is 422 g/mol. The number of amides is 1. The van der Waals surface area contributed by atoms with E-state index in [0.29, 0.717) is 13.2 Å². The number of morpholine rings is 1. The Morgan fingerprint density at radius 1 is 1.17 bits per heavy atom. The van der Waals surface area contributed by atoms with Gasteiger partial charge in [-0.2, -0.15) is 4.31 Å². The summed E-state index contributed by atoms with van der Waals surface area (Å²) in [5, 5.41) is 2.80. The van der Waals surface area contributed by atoms with Crippen LogP contribution >= 0.6 is 0 Å². The predicted molar refractivity (Wildman–Crippen MR) is 105 cm³/mol. The molecule has 3 rings (SSSR count). The lowest BCUT2D eigenvalue weighted by molar-refractivity contribution is 0.0730. The molecule has 1 heterocycles. The van der Waals surface area contributed by atoms with Gasteiger partial charge in [0.05, 0.1) is 36.8 Å². The number of rotatable bonds is 6. The van der Waals surface area contributed by atoms with Gasteiger partial charge in [-0.3, -0.25) is 4.79 Å². The van der Waals surface area contributed by atoms with Crippen molar-refractivity contribution < 1.29 is 27.1 Å². The summed E-state index contributed by atoms with van der Waals surface area (Å²) < 4.78 is 50.7. The molecule has 29 heavy (non-hydrogen) atoms. The van der Waals surface area contributed by atoms with Gasteiger partial charge in [-0.25, -0.2) is 12.8 Å². The zero-order chi connectivity index (χ0) is 21.0. The van der Waals surface area contributed by atoms with Crippen molar-refractivity contribution in [3.8, 4) is 5.75 Å². The predicted octanol–water partition coefficient (Wildman–Crippen LogP) is 2.35. The van der Waals surface area contributed by atoms with E-state index in [9.17, 15) is 17.6 Å². The smallest absolute Gasteiger partial charge is 0.255 e. The number of nitrogens with one attached hydrogen (secondary N) is 1. The fourth-order valence-electron chi connectivity index (χ4n) is 3.07. The molecule has 156 valence electrons. The highest BCUT2D eigenvalue weighted by atomic mass is 32.2. The van der Waals surface area contributed by atoms with Gasteiger partial charge in [-0.1, -0.05) is 12.1 Å². The minimum atomic E-state index is -3.75. The highest BCUT2D eigenvalue weighted by Crippen LogP contribution is 2.26. The largest absolute Gasteiger partial charge is 0.496 e. The summed E-state index contributed by atoms with van der Waals surface area (Å²) in [6.45, 7) is 2.94. The van der Waals surface area contributed by atoms with E-state index in [2.05, 4.69) is 5.32 Å². The number of halogens is 1. The quantitative estimate of drug-likeness (QED) is 0.773. The molecule has 1 aliphatic rings. The Bertz CT molecular complexity index is 973. The van der Waals surface area contributed by atoms with Crippen LogP contribution in [0.5, 0.6) is 5.75 Å². The number of sulfonamides is 1. The lowest BCUT2D eigenvalue weighted by Crippen LogP contribution is -2.40. The Kier molecular flexibility index (Phi) is 6.51. The van der Waals surface area contributed by atoms with Crippen LogP contribution in [0.3, 0.4) is 0 Å². The molecule has 0 saturated carbocycles. The summed E-state index contributed by atoms with van der Waals surface area (Å²) in [4.78, 5) is 12.9. The number of carbonyl (C=O) groups excluding carboxylic acids is 1. The fourth-order valence-corrected chi connectivity index (χ4v) is 4.50. The monoisotopic (exact) mass is 422 g/mol. The number of hydrogen-bond donors (Lipinski definition) is 1. The second-order valence-corrected chi connectivity index (χ2v) is 8.56. The van der Waals surface area contributed by atoms with Crippen molar-refractivity contribution in [1.29, 1.82) is 0 Å². The highest BCUT2D eigenvalue weighted by molar-refractivity contribution is 7.89. The molecule has 0 spiro atoms. The molecule has 1 atom stereocenters. The van der Waals surface area contributed by atoms with Gasteiger partial charge in [0.1, 0.15) is 11.6 Å². The maximum absolute atomic E-state index is 13.1. The van der Waals surface area contributed by atoms with E-state index in [4.69, 9.17) is 9.47 Å². The first-order valence-corrected chi connectivity index (χ1v) is 10.6. The molecule has 1 fully saturated rings. The van der Waals surface area contributed by atoms with E-state index in [-0.39, 0.29) is 35.1 Å². The summed E-state index contributed by atoms with van der Waals surface area (Å²) in [6.07, 6.45) is 0. The van der Waals surface area contributed by atoms with Crippen molar-refractivity contribution in [1.82, 2.24) is 9.62 Å². The summed E-state index contributed by atoms with van der Waals surface area (Å²) in [7, 11) is -2.34. The van der Waals surface area contributed by atoms with Gasteiger partial charge in [0, 0.05) is 13.1 Å². The maximum Gasteiger partial charge on any atom is 0.255 e. The molecular weight excluding hydrogens is 399 g/mol. The van der Waals surface area contributed by atoms with Crippen molar-refractivity contribution in [3.63, 3.8) is 0 Å². The molecule has 9 heteroatoms. The zero-order valence-electron chi connectivity index (χ0n) is 16.2. The normalized spacial score (nSPS) is 16.2. The van der Waals surface area contributed by atoms with Crippen LogP contribution in [0.25, 0.3) is 0 Å². The number of hydrogen-bond acceptors (Lipinski definition) is 5. The number of ether oxygens (including phenoxy) is 2. The van der Waals surface area contributed by atoms with E-state index in [1.165, 1.54) is 41.7 Å². The van der Waals surface area contributed by atoms with Crippen molar-refractivity contribution in [2.45, 2.75) is 17.9 Å². The minimum absolute atomic E-state index is 0.0137.